The van der Waals surface area contributed by atoms with E-state index in [0.29, 0.717) is 27.2 Å². The van der Waals surface area contributed by atoms with E-state index < -0.39 is 5.97 Å². The molecule has 0 amide bonds. The lowest BCUT2D eigenvalue weighted by Crippen LogP contribution is -2.18. The smallest absolute Gasteiger partial charge is 0.303 e. The summed E-state index contributed by atoms with van der Waals surface area (Å²) in [4.78, 5) is 28.9. The first-order valence-corrected chi connectivity index (χ1v) is 7.08. The lowest BCUT2D eigenvalue weighted by Gasteiger charge is -2.08. The molecule has 0 saturated carbocycles. The van der Waals surface area contributed by atoms with Gasteiger partial charge in [0.15, 0.2) is 0 Å². The number of nitrogens with zero attached hydrogens (tertiary/aromatic N) is 1. The van der Waals surface area contributed by atoms with Crippen LogP contribution in [-0.4, -0.2) is 21.0 Å². The zero-order chi connectivity index (χ0) is 16.1. The first-order chi connectivity index (χ1) is 10.5. The average Bonchev–Trinajstić information content (AvgIpc) is 2.45. The van der Waals surface area contributed by atoms with Gasteiger partial charge in [-0.3, -0.25) is 9.59 Å². The van der Waals surface area contributed by atoms with E-state index >= 15 is 0 Å². The molecule has 2 N–H and O–H groups in total. The molecule has 0 aliphatic rings. The number of nitrogens with one attached hydrogen (secondary N) is 1. The van der Waals surface area contributed by atoms with E-state index in [1.165, 1.54) is 6.20 Å². The topological polar surface area (TPSA) is 92.3 Å². The molecule has 1 heterocycles. The molecule has 0 spiro atoms. The Morgan fingerprint density at radius 3 is 2.77 bits per heavy atom. The average molecular weight is 343 g/mol. The summed E-state index contributed by atoms with van der Waals surface area (Å²) in [7, 11) is 0. The van der Waals surface area contributed by atoms with Gasteiger partial charge in [-0.2, -0.15) is 0 Å². The highest BCUT2D eigenvalue weighted by molar-refractivity contribution is 6.35. The number of H-pyrrole nitrogens is 1. The summed E-state index contributed by atoms with van der Waals surface area (Å²) in [6.45, 7) is 0.0236. The van der Waals surface area contributed by atoms with Crippen LogP contribution in [0.15, 0.2) is 29.2 Å². The maximum atomic E-state index is 11.8. The van der Waals surface area contributed by atoms with Crippen LogP contribution in [0.1, 0.15) is 17.8 Å². The first-order valence-electron chi connectivity index (χ1n) is 6.32. The molecule has 0 atom stereocenters. The number of hydrogen-bond donors (Lipinski definition) is 2. The molecule has 0 bridgehead atoms. The van der Waals surface area contributed by atoms with Crippen molar-refractivity contribution in [3.05, 3.63) is 56.2 Å². The van der Waals surface area contributed by atoms with E-state index in [1.807, 2.05) is 0 Å². The van der Waals surface area contributed by atoms with Gasteiger partial charge in [0.05, 0.1) is 5.02 Å². The molecule has 1 aromatic carbocycles. The Hall–Kier alpha value is -2.05. The molecule has 0 fully saturated rings. The molecular formula is C14H12Cl2N2O4. The number of hydrogen-bond acceptors (Lipinski definition) is 4. The lowest BCUT2D eigenvalue weighted by atomic mass is 10.2. The third-order valence-corrected chi connectivity index (χ3v) is 3.32. The summed E-state index contributed by atoms with van der Waals surface area (Å²) in [6.07, 6.45) is 1.35. The number of benzene rings is 1. The Kier molecular flexibility index (Phi) is 5.41. The third-order valence-electron chi connectivity index (χ3n) is 2.79. The summed E-state index contributed by atoms with van der Waals surface area (Å²) in [5, 5.41) is 9.45. The molecule has 8 heteroatoms. The monoisotopic (exact) mass is 342 g/mol. The molecule has 0 radical (unpaired) electrons. The maximum Gasteiger partial charge on any atom is 0.303 e. The van der Waals surface area contributed by atoms with Gasteiger partial charge in [-0.25, -0.2) is 4.98 Å². The van der Waals surface area contributed by atoms with Gasteiger partial charge in [-0.1, -0.05) is 23.2 Å². The molecule has 116 valence electrons. The molecular weight excluding hydrogens is 331 g/mol. The van der Waals surface area contributed by atoms with Gasteiger partial charge in [0.1, 0.15) is 18.2 Å². The highest BCUT2D eigenvalue weighted by Crippen LogP contribution is 2.27. The first kappa shape index (κ1) is 16.3. The van der Waals surface area contributed by atoms with Crippen LogP contribution in [-0.2, 0) is 17.8 Å². The number of aromatic amines is 1. The normalized spacial score (nSPS) is 10.5. The predicted octanol–water partition coefficient (Wildman–Crippen LogP) is 2.67. The van der Waals surface area contributed by atoms with E-state index in [9.17, 15) is 9.59 Å². The number of carboxylic acid groups (broad SMARTS) is 1. The van der Waals surface area contributed by atoms with Crippen molar-refractivity contribution in [1.82, 2.24) is 9.97 Å². The molecule has 0 saturated heterocycles. The number of carboxylic acids is 1. The summed E-state index contributed by atoms with van der Waals surface area (Å²) >= 11 is 11.7. The van der Waals surface area contributed by atoms with Crippen LogP contribution in [0, 0.1) is 0 Å². The zero-order valence-corrected chi connectivity index (χ0v) is 12.8. The molecule has 2 rings (SSSR count). The highest BCUT2D eigenvalue weighted by atomic mass is 35.5. The van der Waals surface area contributed by atoms with Crippen LogP contribution in [0.2, 0.25) is 10.0 Å². The molecule has 0 aliphatic heterocycles. The molecule has 1 aromatic heterocycles. The number of aliphatic carboxylic acids is 1. The minimum Gasteiger partial charge on any atom is -0.484 e. The quantitative estimate of drug-likeness (QED) is 0.841. The van der Waals surface area contributed by atoms with Crippen LogP contribution >= 0.6 is 23.2 Å². The number of aryl methyl sites for hydroxylation is 1. The van der Waals surface area contributed by atoms with Crippen molar-refractivity contribution < 1.29 is 14.6 Å². The van der Waals surface area contributed by atoms with Crippen LogP contribution in [0.4, 0.5) is 0 Å². The number of carbonyl (C=O) groups is 1. The molecule has 6 nitrogen and oxygen atoms in total. The van der Waals surface area contributed by atoms with E-state index in [0.717, 1.165) is 0 Å². The molecule has 0 unspecified atom stereocenters. The van der Waals surface area contributed by atoms with Crippen molar-refractivity contribution in [3.8, 4) is 5.75 Å². The summed E-state index contributed by atoms with van der Waals surface area (Å²) < 4.78 is 5.45. The van der Waals surface area contributed by atoms with Crippen LogP contribution in [0.3, 0.4) is 0 Å². The molecule has 2 aromatic rings. The Balaban J connectivity index is 2.03. The second kappa shape index (κ2) is 7.29. The number of rotatable bonds is 6. The van der Waals surface area contributed by atoms with Gasteiger partial charge in [0, 0.05) is 23.2 Å². The minimum atomic E-state index is -0.968. The third kappa shape index (κ3) is 4.47. The van der Waals surface area contributed by atoms with Crippen molar-refractivity contribution in [1.29, 1.82) is 0 Å². The van der Waals surface area contributed by atoms with Crippen molar-refractivity contribution in [2.45, 2.75) is 19.4 Å². The summed E-state index contributed by atoms with van der Waals surface area (Å²) in [5.41, 5.74) is -0.0623. The van der Waals surface area contributed by atoms with Crippen molar-refractivity contribution in [3.63, 3.8) is 0 Å². The fourth-order valence-electron chi connectivity index (χ4n) is 1.69. The standard InChI is InChI=1S/C14H12Cl2N2O4/c15-9-2-3-11(10(16)5-9)22-7-12-17-6-8(14(21)18-12)1-4-13(19)20/h2-3,5-6H,1,4,7H2,(H,19,20)(H,17,18,21). The lowest BCUT2D eigenvalue weighted by molar-refractivity contribution is -0.136. The van der Waals surface area contributed by atoms with Crippen molar-refractivity contribution in [2.75, 3.05) is 0 Å². The predicted molar refractivity (Wildman–Crippen MR) is 81.6 cm³/mol. The van der Waals surface area contributed by atoms with Crippen LogP contribution < -0.4 is 10.3 Å². The van der Waals surface area contributed by atoms with Gasteiger partial charge in [0.25, 0.3) is 5.56 Å². The Bertz CT molecular complexity index is 746. The fourth-order valence-corrected chi connectivity index (χ4v) is 2.15. The fraction of sp³-hybridized carbons (Fsp3) is 0.214. The van der Waals surface area contributed by atoms with Gasteiger partial charge in [0.2, 0.25) is 0 Å². The van der Waals surface area contributed by atoms with Crippen molar-refractivity contribution >= 4 is 29.2 Å². The van der Waals surface area contributed by atoms with Crippen molar-refractivity contribution in [2.24, 2.45) is 0 Å². The van der Waals surface area contributed by atoms with E-state index in [1.54, 1.807) is 18.2 Å². The molecule has 22 heavy (non-hydrogen) atoms. The number of aromatic nitrogens is 2. The maximum absolute atomic E-state index is 11.8. The minimum absolute atomic E-state index is 0.0236. The Morgan fingerprint density at radius 2 is 2.14 bits per heavy atom. The van der Waals surface area contributed by atoms with Crippen LogP contribution in [0.25, 0.3) is 0 Å². The van der Waals surface area contributed by atoms with E-state index in [2.05, 4.69) is 9.97 Å². The summed E-state index contributed by atoms with van der Waals surface area (Å²) in [5.74, 6) is -0.233. The SMILES string of the molecule is O=C(O)CCc1cnc(COc2ccc(Cl)cc2Cl)[nH]c1=O. The van der Waals surface area contributed by atoms with Gasteiger partial charge >= 0.3 is 5.97 Å². The van der Waals surface area contributed by atoms with Gasteiger partial charge in [-0.05, 0) is 24.6 Å². The second-order valence-corrected chi connectivity index (χ2v) is 5.29. The number of ether oxygens (including phenoxy) is 1. The van der Waals surface area contributed by atoms with E-state index in [-0.39, 0.29) is 25.0 Å². The second-order valence-electron chi connectivity index (χ2n) is 4.44. The highest BCUT2D eigenvalue weighted by Gasteiger charge is 2.07. The number of halogens is 2. The van der Waals surface area contributed by atoms with Gasteiger partial charge in [-0.15, -0.1) is 0 Å². The zero-order valence-electron chi connectivity index (χ0n) is 11.3. The largest absolute Gasteiger partial charge is 0.484 e. The Labute approximate surface area is 135 Å². The Morgan fingerprint density at radius 1 is 1.36 bits per heavy atom. The summed E-state index contributed by atoms with van der Waals surface area (Å²) in [6, 6.07) is 4.79. The van der Waals surface area contributed by atoms with Gasteiger partial charge < -0.3 is 14.8 Å². The molecule has 0 aliphatic carbocycles. The van der Waals surface area contributed by atoms with Crippen LogP contribution in [0.5, 0.6) is 5.75 Å². The van der Waals surface area contributed by atoms with E-state index in [4.69, 9.17) is 33.0 Å².